The van der Waals surface area contributed by atoms with Crippen LogP contribution in [-0.4, -0.2) is 10.5 Å². The fourth-order valence-electron chi connectivity index (χ4n) is 1.11. The van der Waals surface area contributed by atoms with Gasteiger partial charge in [-0.25, -0.2) is 0 Å². The van der Waals surface area contributed by atoms with Crippen molar-refractivity contribution in [3.63, 3.8) is 0 Å². The van der Waals surface area contributed by atoms with Crippen LogP contribution < -0.4 is 0 Å². The Balaban J connectivity index is 3.97. The molecule has 0 rings (SSSR count). The summed E-state index contributed by atoms with van der Waals surface area (Å²) < 4.78 is 0.363. The van der Waals surface area contributed by atoms with Gasteiger partial charge in [0, 0.05) is 10.5 Å². The molecule has 78 valence electrons. The molecule has 0 aromatic rings. The second kappa shape index (κ2) is 6.02. The smallest absolute Gasteiger partial charge is 0.0235 e. The molecule has 0 aliphatic carbocycles. The predicted octanol–water partition coefficient (Wildman–Crippen LogP) is 4.62. The van der Waals surface area contributed by atoms with Crippen molar-refractivity contribution < 1.29 is 0 Å². The molecule has 13 heavy (non-hydrogen) atoms. The molecule has 0 N–H and O–H groups in total. The van der Waals surface area contributed by atoms with E-state index in [1.165, 1.54) is 0 Å². The summed E-state index contributed by atoms with van der Waals surface area (Å²) in [5.41, 5.74) is 0. The van der Waals surface area contributed by atoms with Crippen molar-refractivity contribution in [2.75, 3.05) is 5.75 Å². The van der Waals surface area contributed by atoms with Crippen LogP contribution in [0, 0.1) is 11.8 Å². The Morgan fingerprint density at radius 2 is 1.85 bits per heavy atom. The first-order valence-electron chi connectivity index (χ1n) is 4.83. The van der Waals surface area contributed by atoms with Crippen LogP contribution in [0.1, 0.15) is 34.6 Å². The Morgan fingerprint density at radius 1 is 1.31 bits per heavy atom. The summed E-state index contributed by atoms with van der Waals surface area (Å²) in [6.45, 7) is 15.3. The maximum Gasteiger partial charge on any atom is 0.0235 e. The molecular formula is C11H22S2. The van der Waals surface area contributed by atoms with Gasteiger partial charge < -0.3 is 0 Å². The minimum absolute atomic E-state index is 0.363. The average Bonchev–Trinajstić information content (AvgIpc) is 2.03. The van der Waals surface area contributed by atoms with E-state index >= 15 is 0 Å². The zero-order chi connectivity index (χ0) is 10.5. The van der Waals surface area contributed by atoms with Crippen LogP contribution in [0.2, 0.25) is 0 Å². The van der Waals surface area contributed by atoms with Crippen LogP contribution >= 0.6 is 21.6 Å². The molecular weight excluding hydrogens is 196 g/mol. The zero-order valence-corrected chi connectivity index (χ0v) is 11.1. The number of hydrogen-bond donors (Lipinski definition) is 0. The van der Waals surface area contributed by atoms with Gasteiger partial charge in [-0.3, -0.25) is 0 Å². The Morgan fingerprint density at radius 3 is 2.23 bits per heavy atom. The van der Waals surface area contributed by atoms with Gasteiger partial charge in [-0.15, -0.1) is 6.58 Å². The molecule has 0 fully saturated rings. The van der Waals surface area contributed by atoms with Crippen molar-refractivity contribution >= 4 is 21.6 Å². The molecule has 0 saturated carbocycles. The highest BCUT2D eigenvalue weighted by atomic mass is 33.1. The monoisotopic (exact) mass is 218 g/mol. The van der Waals surface area contributed by atoms with Gasteiger partial charge in [-0.05, 0) is 25.7 Å². The normalized spacial score (nSPS) is 14.6. The van der Waals surface area contributed by atoms with E-state index in [9.17, 15) is 0 Å². The molecule has 0 aromatic heterocycles. The van der Waals surface area contributed by atoms with Crippen molar-refractivity contribution in [3.05, 3.63) is 12.7 Å². The SMILES string of the molecule is C=CCSSC(C)(C)C(C)C(C)C. The van der Waals surface area contributed by atoms with E-state index in [0.717, 1.165) is 17.6 Å². The van der Waals surface area contributed by atoms with Gasteiger partial charge in [0.2, 0.25) is 0 Å². The lowest BCUT2D eigenvalue weighted by molar-refractivity contribution is 0.348. The largest absolute Gasteiger partial charge is 0.102 e. The summed E-state index contributed by atoms with van der Waals surface area (Å²) >= 11 is 0. The van der Waals surface area contributed by atoms with Crippen LogP contribution in [0.4, 0.5) is 0 Å². The summed E-state index contributed by atoms with van der Waals surface area (Å²) in [6, 6.07) is 0. The summed E-state index contributed by atoms with van der Waals surface area (Å²) in [7, 11) is 3.89. The summed E-state index contributed by atoms with van der Waals surface area (Å²) in [6.07, 6.45) is 1.97. The first-order valence-corrected chi connectivity index (χ1v) is 7.15. The van der Waals surface area contributed by atoms with Crippen LogP contribution in [0.15, 0.2) is 12.7 Å². The van der Waals surface area contributed by atoms with E-state index in [4.69, 9.17) is 0 Å². The summed E-state index contributed by atoms with van der Waals surface area (Å²) in [4.78, 5) is 0. The molecule has 0 saturated heterocycles. The molecule has 0 amide bonds. The van der Waals surface area contributed by atoms with E-state index in [-0.39, 0.29) is 0 Å². The number of rotatable bonds is 6. The molecule has 1 unspecified atom stereocenters. The highest BCUT2D eigenvalue weighted by molar-refractivity contribution is 8.77. The lowest BCUT2D eigenvalue weighted by atomic mass is 9.87. The Labute approximate surface area is 91.3 Å². The molecule has 0 nitrogen and oxygen atoms in total. The van der Waals surface area contributed by atoms with Gasteiger partial charge in [0.25, 0.3) is 0 Å². The maximum atomic E-state index is 3.73. The van der Waals surface area contributed by atoms with Crippen molar-refractivity contribution in [2.24, 2.45) is 11.8 Å². The van der Waals surface area contributed by atoms with E-state index < -0.39 is 0 Å². The van der Waals surface area contributed by atoms with Gasteiger partial charge in [0.05, 0.1) is 0 Å². The topological polar surface area (TPSA) is 0 Å². The predicted molar refractivity (Wildman–Crippen MR) is 68.3 cm³/mol. The lowest BCUT2D eigenvalue weighted by Crippen LogP contribution is -2.28. The second-order valence-corrected chi connectivity index (χ2v) is 7.29. The minimum Gasteiger partial charge on any atom is -0.102 e. The lowest BCUT2D eigenvalue weighted by Gasteiger charge is -2.33. The molecule has 0 spiro atoms. The molecule has 0 aliphatic rings. The third-order valence-corrected chi connectivity index (χ3v) is 5.90. The Hall–Kier alpha value is 0.440. The van der Waals surface area contributed by atoms with Crippen LogP contribution in [0.3, 0.4) is 0 Å². The molecule has 2 heteroatoms. The molecule has 0 aromatic carbocycles. The van der Waals surface area contributed by atoms with Crippen LogP contribution in [-0.2, 0) is 0 Å². The standard InChI is InChI=1S/C11H22S2/c1-7-8-12-13-11(5,6)10(4)9(2)3/h7,9-10H,1,8H2,2-6H3. The van der Waals surface area contributed by atoms with Crippen molar-refractivity contribution in [2.45, 2.75) is 39.4 Å². The van der Waals surface area contributed by atoms with Crippen molar-refractivity contribution in [1.29, 1.82) is 0 Å². The molecule has 0 radical (unpaired) electrons. The fraction of sp³-hybridized carbons (Fsp3) is 0.818. The molecule has 0 bridgehead atoms. The van der Waals surface area contributed by atoms with E-state index in [2.05, 4.69) is 41.2 Å². The van der Waals surface area contributed by atoms with Crippen LogP contribution in [0.5, 0.6) is 0 Å². The van der Waals surface area contributed by atoms with Gasteiger partial charge in [0.1, 0.15) is 0 Å². The van der Waals surface area contributed by atoms with Gasteiger partial charge in [0.15, 0.2) is 0 Å². The first kappa shape index (κ1) is 13.4. The van der Waals surface area contributed by atoms with E-state index in [1.54, 1.807) is 0 Å². The van der Waals surface area contributed by atoms with Crippen LogP contribution in [0.25, 0.3) is 0 Å². The summed E-state index contributed by atoms with van der Waals surface area (Å²) in [5.74, 6) is 2.54. The quantitative estimate of drug-likeness (QED) is 0.362. The molecule has 1 atom stereocenters. The molecule has 0 aliphatic heterocycles. The number of hydrogen-bond acceptors (Lipinski definition) is 2. The van der Waals surface area contributed by atoms with E-state index in [0.29, 0.717) is 4.75 Å². The maximum absolute atomic E-state index is 3.73. The van der Waals surface area contributed by atoms with E-state index in [1.807, 2.05) is 27.7 Å². The van der Waals surface area contributed by atoms with Crippen molar-refractivity contribution in [3.8, 4) is 0 Å². The average molecular weight is 218 g/mol. The first-order chi connectivity index (χ1) is 5.91. The second-order valence-electron chi connectivity index (χ2n) is 4.29. The van der Waals surface area contributed by atoms with Crippen molar-refractivity contribution in [1.82, 2.24) is 0 Å². The molecule has 0 heterocycles. The zero-order valence-electron chi connectivity index (χ0n) is 9.46. The third kappa shape index (κ3) is 5.02. The van der Waals surface area contributed by atoms with Gasteiger partial charge >= 0.3 is 0 Å². The van der Waals surface area contributed by atoms with Gasteiger partial charge in [-0.2, -0.15) is 0 Å². The third-order valence-electron chi connectivity index (χ3n) is 2.56. The van der Waals surface area contributed by atoms with Gasteiger partial charge in [-0.1, -0.05) is 48.4 Å². The minimum atomic E-state index is 0.363. The Kier molecular flexibility index (Phi) is 6.23. The highest BCUT2D eigenvalue weighted by Gasteiger charge is 2.28. The highest BCUT2D eigenvalue weighted by Crippen LogP contribution is 2.43. The fourth-order valence-corrected chi connectivity index (χ4v) is 3.86. The Bertz CT molecular complexity index is 150. The summed E-state index contributed by atoms with van der Waals surface area (Å²) in [5, 5.41) is 0.